The maximum atomic E-state index is 12.4. The van der Waals surface area contributed by atoms with Gasteiger partial charge in [-0.25, -0.2) is 4.98 Å². The lowest BCUT2D eigenvalue weighted by Gasteiger charge is -2.30. The molecule has 2 aromatic heterocycles. The molecule has 136 valence electrons. The Labute approximate surface area is 155 Å². The molecule has 1 aliphatic rings. The van der Waals surface area contributed by atoms with Gasteiger partial charge in [0.15, 0.2) is 5.65 Å². The van der Waals surface area contributed by atoms with Crippen LogP contribution in [0.3, 0.4) is 0 Å². The zero-order chi connectivity index (χ0) is 18.1. The van der Waals surface area contributed by atoms with E-state index in [1.807, 2.05) is 23.1 Å². The number of ether oxygens (including phenoxy) is 1. The van der Waals surface area contributed by atoms with E-state index in [2.05, 4.69) is 27.1 Å². The summed E-state index contributed by atoms with van der Waals surface area (Å²) in [5.74, 6) is 1.96. The first-order chi connectivity index (χ1) is 12.6. The van der Waals surface area contributed by atoms with Gasteiger partial charge >= 0.3 is 0 Å². The first-order valence-corrected chi connectivity index (χ1v) is 9.73. The van der Waals surface area contributed by atoms with Crippen molar-refractivity contribution >= 4 is 39.7 Å². The average molecular weight is 371 g/mol. The Hall–Kier alpha value is -2.35. The molecule has 7 nitrogen and oxygen atoms in total. The number of nitrogens with zero attached hydrogens (tertiary/aromatic N) is 4. The van der Waals surface area contributed by atoms with Gasteiger partial charge < -0.3 is 14.6 Å². The summed E-state index contributed by atoms with van der Waals surface area (Å²) >= 11 is 1.33. The standard InChI is InChI=1S/C18H21N5O2S/c1-11-5-7-23(8-6-11)15(24)10-26-18-20-17-16(21-22-18)13-9-12(25-2)3-4-14(13)19-17/h3-4,9,11H,5-8,10H2,1-2H3,(H,19,20,22). The van der Waals surface area contributed by atoms with Gasteiger partial charge in [0.05, 0.1) is 12.9 Å². The number of thioether (sulfide) groups is 1. The second-order valence-corrected chi connectivity index (χ2v) is 7.62. The van der Waals surface area contributed by atoms with E-state index in [0.29, 0.717) is 28.0 Å². The minimum Gasteiger partial charge on any atom is -0.497 e. The molecule has 1 N–H and O–H groups in total. The number of H-pyrrole nitrogens is 1. The maximum Gasteiger partial charge on any atom is 0.233 e. The van der Waals surface area contributed by atoms with Crippen LogP contribution in [-0.4, -0.2) is 56.9 Å². The van der Waals surface area contributed by atoms with Gasteiger partial charge in [0, 0.05) is 24.0 Å². The van der Waals surface area contributed by atoms with Crippen LogP contribution in [0.1, 0.15) is 19.8 Å². The Morgan fingerprint density at radius 2 is 2.15 bits per heavy atom. The molecule has 3 heterocycles. The minimum absolute atomic E-state index is 0.145. The Kier molecular flexibility index (Phi) is 4.67. The monoisotopic (exact) mass is 371 g/mol. The van der Waals surface area contributed by atoms with E-state index in [4.69, 9.17) is 4.74 Å². The zero-order valence-corrected chi connectivity index (χ0v) is 15.7. The van der Waals surface area contributed by atoms with Crippen LogP contribution in [0, 0.1) is 5.92 Å². The van der Waals surface area contributed by atoms with Crippen LogP contribution in [0.5, 0.6) is 5.75 Å². The molecule has 0 spiro atoms. The molecule has 1 fully saturated rings. The zero-order valence-electron chi connectivity index (χ0n) is 14.9. The highest BCUT2D eigenvalue weighted by Crippen LogP contribution is 2.27. The number of aromatic amines is 1. The molecule has 1 aliphatic heterocycles. The first-order valence-electron chi connectivity index (χ1n) is 8.75. The summed E-state index contributed by atoms with van der Waals surface area (Å²) in [4.78, 5) is 22.1. The van der Waals surface area contributed by atoms with Gasteiger partial charge in [-0.2, -0.15) is 0 Å². The molecule has 4 rings (SSSR count). The summed E-state index contributed by atoms with van der Waals surface area (Å²) in [5.41, 5.74) is 2.31. The van der Waals surface area contributed by atoms with Gasteiger partial charge in [-0.05, 0) is 37.0 Å². The average Bonchev–Trinajstić information content (AvgIpc) is 3.03. The van der Waals surface area contributed by atoms with E-state index < -0.39 is 0 Å². The van der Waals surface area contributed by atoms with Crippen molar-refractivity contribution in [2.45, 2.75) is 24.9 Å². The lowest BCUT2D eigenvalue weighted by atomic mass is 9.99. The van der Waals surface area contributed by atoms with Crippen LogP contribution in [-0.2, 0) is 4.79 Å². The summed E-state index contributed by atoms with van der Waals surface area (Å²) in [6.07, 6.45) is 2.16. The fraction of sp³-hybridized carbons (Fsp3) is 0.444. The molecular weight excluding hydrogens is 350 g/mol. The molecule has 0 bridgehead atoms. The number of aromatic nitrogens is 4. The van der Waals surface area contributed by atoms with Crippen molar-refractivity contribution in [1.29, 1.82) is 0 Å². The maximum absolute atomic E-state index is 12.4. The van der Waals surface area contributed by atoms with E-state index in [9.17, 15) is 4.79 Å². The number of likely N-dealkylation sites (tertiary alicyclic amines) is 1. The second kappa shape index (κ2) is 7.11. The van der Waals surface area contributed by atoms with Crippen LogP contribution < -0.4 is 4.74 Å². The first kappa shape index (κ1) is 17.1. The van der Waals surface area contributed by atoms with E-state index in [-0.39, 0.29) is 5.91 Å². The van der Waals surface area contributed by atoms with Crippen LogP contribution >= 0.6 is 11.8 Å². The summed E-state index contributed by atoms with van der Waals surface area (Å²) in [6.45, 7) is 3.94. The van der Waals surface area contributed by atoms with E-state index in [1.165, 1.54) is 11.8 Å². The van der Waals surface area contributed by atoms with Crippen LogP contribution in [0.25, 0.3) is 22.1 Å². The second-order valence-electron chi connectivity index (χ2n) is 6.68. The van der Waals surface area contributed by atoms with E-state index in [1.54, 1.807) is 7.11 Å². The predicted octanol–water partition coefficient (Wildman–Crippen LogP) is 2.87. The van der Waals surface area contributed by atoms with Crippen molar-refractivity contribution in [3.05, 3.63) is 18.2 Å². The SMILES string of the molecule is COc1ccc2[nH]c3nc(SCC(=O)N4CCC(C)CC4)nnc3c2c1. The lowest BCUT2D eigenvalue weighted by Crippen LogP contribution is -2.38. The smallest absolute Gasteiger partial charge is 0.233 e. The van der Waals surface area contributed by atoms with Crippen molar-refractivity contribution in [2.75, 3.05) is 26.0 Å². The summed E-state index contributed by atoms with van der Waals surface area (Å²) in [7, 11) is 1.63. The fourth-order valence-corrected chi connectivity index (χ4v) is 3.89. The highest BCUT2D eigenvalue weighted by Gasteiger charge is 2.20. The number of methoxy groups -OCH3 is 1. The highest BCUT2D eigenvalue weighted by molar-refractivity contribution is 7.99. The van der Waals surface area contributed by atoms with Crippen LogP contribution in [0.15, 0.2) is 23.4 Å². The topological polar surface area (TPSA) is 84.0 Å². The van der Waals surface area contributed by atoms with Gasteiger partial charge in [0.2, 0.25) is 11.1 Å². The minimum atomic E-state index is 0.145. The van der Waals surface area contributed by atoms with Crippen molar-refractivity contribution in [2.24, 2.45) is 5.92 Å². The largest absolute Gasteiger partial charge is 0.497 e. The number of amides is 1. The number of carbonyl (C=O) groups is 1. The number of carbonyl (C=O) groups excluding carboxylic acids is 1. The van der Waals surface area contributed by atoms with Crippen molar-refractivity contribution < 1.29 is 9.53 Å². The fourth-order valence-electron chi connectivity index (χ4n) is 3.20. The Balaban J connectivity index is 1.49. The van der Waals surface area contributed by atoms with Crippen molar-refractivity contribution in [3.63, 3.8) is 0 Å². The highest BCUT2D eigenvalue weighted by atomic mass is 32.2. The molecule has 0 radical (unpaired) electrons. The molecule has 0 atom stereocenters. The molecule has 3 aromatic rings. The molecule has 0 saturated carbocycles. The normalized spacial score (nSPS) is 15.7. The Morgan fingerprint density at radius 1 is 1.35 bits per heavy atom. The van der Waals surface area contributed by atoms with Crippen LogP contribution in [0.2, 0.25) is 0 Å². The van der Waals surface area contributed by atoms with Gasteiger partial charge in [0.25, 0.3) is 0 Å². The van der Waals surface area contributed by atoms with Crippen LogP contribution in [0.4, 0.5) is 0 Å². The molecule has 8 heteroatoms. The third-order valence-electron chi connectivity index (χ3n) is 4.86. The molecular formula is C18H21N5O2S. The third-order valence-corrected chi connectivity index (χ3v) is 5.69. The molecule has 1 amide bonds. The van der Waals surface area contributed by atoms with E-state index >= 15 is 0 Å². The summed E-state index contributed by atoms with van der Waals surface area (Å²) in [6, 6.07) is 5.74. The summed E-state index contributed by atoms with van der Waals surface area (Å²) < 4.78 is 5.26. The number of rotatable bonds is 4. The molecule has 1 aromatic carbocycles. The van der Waals surface area contributed by atoms with Crippen molar-refractivity contribution in [3.8, 4) is 5.75 Å². The predicted molar refractivity (Wildman–Crippen MR) is 101 cm³/mol. The molecule has 0 unspecified atom stereocenters. The number of piperidine rings is 1. The van der Waals surface area contributed by atoms with E-state index in [0.717, 1.165) is 42.6 Å². The number of benzene rings is 1. The number of nitrogens with one attached hydrogen (secondary N) is 1. The molecule has 26 heavy (non-hydrogen) atoms. The third kappa shape index (κ3) is 3.33. The lowest BCUT2D eigenvalue weighted by molar-refractivity contribution is -0.129. The van der Waals surface area contributed by atoms with Gasteiger partial charge in [0.1, 0.15) is 11.3 Å². The molecule has 0 aliphatic carbocycles. The Bertz CT molecular complexity index is 949. The Morgan fingerprint density at radius 3 is 2.92 bits per heavy atom. The number of hydrogen-bond acceptors (Lipinski definition) is 6. The number of fused-ring (bicyclic) bond motifs is 3. The van der Waals surface area contributed by atoms with Gasteiger partial charge in [-0.15, -0.1) is 10.2 Å². The summed E-state index contributed by atoms with van der Waals surface area (Å²) in [5, 5.41) is 9.92. The quantitative estimate of drug-likeness (QED) is 0.710. The van der Waals surface area contributed by atoms with Crippen molar-refractivity contribution in [1.82, 2.24) is 25.1 Å². The number of hydrogen-bond donors (Lipinski definition) is 1. The van der Waals surface area contributed by atoms with Gasteiger partial charge in [-0.1, -0.05) is 18.7 Å². The molecule has 1 saturated heterocycles. The van der Waals surface area contributed by atoms with Gasteiger partial charge in [-0.3, -0.25) is 4.79 Å².